The second-order valence-electron chi connectivity index (χ2n) is 13.8. The van der Waals surface area contributed by atoms with E-state index in [0.29, 0.717) is 12.8 Å². The molecule has 3 rings (SSSR count). The molecule has 6 amide bonds. The number of hydrogen-bond acceptors (Lipinski definition) is 9. The van der Waals surface area contributed by atoms with Gasteiger partial charge in [-0.05, 0) is 68.2 Å². The summed E-state index contributed by atoms with van der Waals surface area (Å²) in [5, 5.41) is 20.3. The number of guanidine groups is 1. The molecule has 0 saturated carbocycles. The average molecular weight is 751 g/mol. The Bertz CT molecular complexity index is 1630. The van der Waals surface area contributed by atoms with Crippen LogP contribution in [0, 0.1) is 5.92 Å². The summed E-state index contributed by atoms with van der Waals surface area (Å²) in [6.07, 6.45) is 1.42. The van der Waals surface area contributed by atoms with Gasteiger partial charge in [0.05, 0.1) is 6.04 Å². The van der Waals surface area contributed by atoms with Crippen LogP contribution in [0.15, 0.2) is 59.6 Å². The quantitative estimate of drug-likeness (QED) is 0.0462. The number of aliphatic imine (C=N–C) groups is 1. The van der Waals surface area contributed by atoms with Gasteiger partial charge in [0.2, 0.25) is 35.4 Å². The highest BCUT2D eigenvalue weighted by Crippen LogP contribution is 2.20. The van der Waals surface area contributed by atoms with Gasteiger partial charge in [-0.3, -0.25) is 33.8 Å². The van der Waals surface area contributed by atoms with Crippen molar-refractivity contribution >= 4 is 41.4 Å². The van der Waals surface area contributed by atoms with Crippen LogP contribution in [-0.4, -0.2) is 101 Å². The number of benzene rings is 2. The Balaban J connectivity index is 1.75. The monoisotopic (exact) mass is 750 g/mol. The first-order valence-corrected chi connectivity index (χ1v) is 18.0. The molecule has 0 aromatic heterocycles. The fourth-order valence-corrected chi connectivity index (χ4v) is 6.10. The molecule has 17 nitrogen and oxygen atoms in total. The average Bonchev–Trinajstić information content (AvgIpc) is 3.62. The first kappa shape index (κ1) is 42.7. The SMILES string of the molecule is CC(C)[C@H](NC(=O)[C@H](Cc1ccccc1)NC(=O)[C@H](CCCN=C(N)N)NC(=O)[C@@H]1CCCN1C(=O)[C@H](C)NC(=O)[C@@H](N)Cc1ccc(O)cc1)C(N)=O. The van der Waals surface area contributed by atoms with Crippen LogP contribution < -0.4 is 44.2 Å². The van der Waals surface area contributed by atoms with E-state index in [0.717, 1.165) is 11.1 Å². The minimum absolute atomic E-state index is 0.0732. The van der Waals surface area contributed by atoms with E-state index in [4.69, 9.17) is 22.9 Å². The van der Waals surface area contributed by atoms with E-state index in [1.807, 2.05) is 6.07 Å². The number of phenolic OH excluding ortho intramolecular Hbond substituents is 1. The first-order chi connectivity index (χ1) is 25.6. The molecule has 1 saturated heterocycles. The summed E-state index contributed by atoms with van der Waals surface area (Å²) in [6.45, 7) is 5.35. The second kappa shape index (κ2) is 20.5. The van der Waals surface area contributed by atoms with Gasteiger partial charge in [0.1, 0.15) is 36.0 Å². The molecule has 13 N–H and O–H groups in total. The predicted octanol–water partition coefficient (Wildman–Crippen LogP) is -1.35. The summed E-state index contributed by atoms with van der Waals surface area (Å²) in [4.78, 5) is 85.1. The molecule has 2 aromatic carbocycles. The van der Waals surface area contributed by atoms with Gasteiger partial charge in [-0.1, -0.05) is 56.3 Å². The van der Waals surface area contributed by atoms with E-state index in [9.17, 15) is 33.9 Å². The molecular weight excluding hydrogens is 696 g/mol. The topological polar surface area (TPSA) is 290 Å². The normalized spacial score (nSPS) is 16.6. The highest BCUT2D eigenvalue weighted by Gasteiger charge is 2.38. The van der Waals surface area contributed by atoms with Crippen molar-refractivity contribution in [2.75, 3.05) is 13.1 Å². The Hall–Kier alpha value is -5.71. The Labute approximate surface area is 315 Å². The predicted molar refractivity (Wildman–Crippen MR) is 202 cm³/mol. The van der Waals surface area contributed by atoms with Crippen molar-refractivity contribution in [3.8, 4) is 5.75 Å². The van der Waals surface area contributed by atoms with Gasteiger partial charge in [-0.2, -0.15) is 0 Å². The van der Waals surface area contributed by atoms with Gasteiger partial charge in [-0.25, -0.2) is 0 Å². The molecule has 294 valence electrons. The van der Waals surface area contributed by atoms with E-state index < -0.39 is 71.7 Å². The highest BCUT2D eigenvalue weighted by molar-refractivity contribution is 5.97. The van der Waals surface area contributed by atoms with Crippen molar-refractivity contribution in [2.24, 2.45) is 33.8 Å². The highest BCUT2D eigenvalue weighted by atomic mass is 16.3. The van der Waals surface area contributed by atoms with Crippen LogP contribution in [-0.2, 0) is 41.6 Å². The number of nitrogens with two attached hydrogens (primary N) is 4. The van der Waals surface area contributed by atoms with Crippen molar-refractivity contribution in [3.05, 3.63) is 65.7 Å². The standard InChI is InChI=1S/C37H54N10O7/c1-21(2)30(31(39)49)46-34(52)28(20-23-9-5-4-6-10-23)45-33(51)27(11-7-17-42-37(40)41)44-35(53)29-12-8-18-47(29)36(54)22(3)43-32(50)26(38)19-24-13-15-25(48)16-14-24/h4-6,9-10,13-16,21-22,26-30,48H,7-8,11-12,17-20,38H2,1-3H3,(H2,39,49)(H,43,50)(H,44,53)(H,45,51)(H,46,52)(H4,40,41,42)/t22-,26-,27-,28-,29-,30-/m0/s1. The van der Waals surface area contributed by atoms with Crippen molar-refractivity contribution in [3.63, 3.8) is 0 Å². The molecule has 2 aromatic rings. The Kier molecular flexibility index (Phi) is 16.2. The molecule has 1 fully saturated rings. The zero-order chi connectivity index (χ0) is 39.9. The fourth-order valence-electron chi connectivity index (χ4n) is 6.10. The summed E-state index contributed by atoms with van der Waals surface area (Å²) in [7, 11) is 0. The van der Waals surface area contributed by atoms with Crippen molar-refractivity contribution < 1.29 is 33.9 Å². The lowest BCUT2D eigenvalue weighted by molar-refractivity contribution is -0.142. The van der Waals surface area contributed by atoms with Gasteiger partial charge in [-0.15, -0.1) is 0 Å². The van der Waals surface area contributed by atoms with E-state index in [-0.39, 0.29) is 56.4 Å². The Morgan fingerprint density at radius 2 is 1.44 bits per heavy atom. The van der Waals surface area contributed by atoms with Crippen LogP contribution in [0.1, 0.15) is 57.6 Å². The van der Waals surface area contributed by atoms with Crippen LogP contribution in [0.5, 0.6) is 5.75 Å². The number of phenols is 1. The van der Waals surface area contributed by atoms with Crippen LogP contribution in [0.3, 0.4) is 0 Å². The second-order valence-corrected chi connectivity index (χ2v) is 13.8. The number of rotatable bonds is 19. The number of aromatic hydroxyl groups is 1. The smallest absolute Gasteiger partial charge is 0.245 e. The Morgan fingerprint density at radius 3 is 2.06 bits per heavy atom. The summed E-state index contributed by atoms with van der Waals surface area (Å²) in [5.41, 5.74) is 24.0. The number of carbonyl (C=O) groups is 6. The van der Waals surface area contributed by atoms with Crippen molar-refractivity contribution in [1.29, 1.82) is 0 Å². The number of nitrogens with zero attached hydrogens (tertiary/aromatic N) is 2. The zero-order valence-corrected chi connectivity index (χ0v) is 31.0. The number of hydrogen-bond donors (Lipinski definition) is 9. The number of carbonyl (C=O) groups excluding carboxylic acids is 6. The third kappa shape index (κ3) is 13.1. The molecule has 17 heteroatoms. The zero-order valence-electron chi connectivity index (χ0n) is 31.0. The molecule has 1 heterocycles. The minimum Gasteiger partial charge on any atom is -0.508 e. The van der Waals surface area contributed by atoms with Crippen LogP contribution in [0.2, 0.25) is 0 Å². The lowest BCUT2D eigenvalue weighted by Crippen LogP contribution is -2.59. The molecule has 6 atom stereocenters. The summed E-state index contributed by atoms with van der Waals surface area (Å²) < 4.78 is 0. The number of primary amides is 1. The third-order valence-corrected chi connectivity index (χ3v) is 9.06. The van der Waals surface area contributed by atoms with Gasteiger partial charge in [0.25, 0.3) is 0 Å². The van der Waals surface area contributed by atoms with E-state index in [2.05, 4.69) is 26.3 Å². The number of nitrogens with one attached hydrogen (secondary N) is 4. The van der Waals surface area contributed by atoms with Crippen LogP contribution >= 0.6 is 0 Å². The summed E-state index contributed by atoms with van der Waals surface area (Å²) in [6, 6.07) is 8.97. The molecule has 0 spiro atoms. The molecule has 1 aliphatic heterocycles. The van der Waals surface area contributed by atoms with Crippen molar-refractivity contribution in [1.82, 2.24) is 26.2 Å². The molecule has 54 heavy (non-hydrogen) atoms. The third-order valence-electron chi connectivity index (χ3n) is 9.06. The lowest BCUT2D eigenvalue weighted by atomic mass is 10.0. The van der Waals surface area contributed by atoms with Crippen LogP contribution in [0.4, 0.5) is 0 Å². The van der Waals surface area contributed by atoms with E-state index >= 15 is 0 Å². The maximum Gasteiger partial charge on any atom is 0.245 e. The summed E-state index contributed by atoms with van der Waals surface area (Å²) in [5.74, 6) is -4.09. The maximum absolute atomic E-state index is 13.9. The molecule has 0 unspecified atom stereocenters. The molecule has 1 aliphatic rings. The summed E-state index contributed by atoms with van der Waals surface area (Å²) >= 11 is 0. The van der Waals surface area contributed by atoms with Crippen molar-refractivity contribution in [2.45, 2.75) is 95.5 Å². The molecule has 0 bridgehead atoms. The number of likely N-dealkylation sites (tertiary alicyclic amines) is 1. The molecule has 0 radical (unpaired) electrons. The van der Waals surface area contributed by atoms with E-state index in [1.165, 1.54) is 24.0 Å². The molecule has 0 aliphatic carbocycles. The Morgan fingerprint density at radius 1 is 0.815 bits per heavy atom. The largest absolute Gasteiger partial charge is 0.508 e. The van der Waals surface area contributed by atoms with Crippen LogP contribution in [0.25, 0.3) is 0 Å². The lowest BCUT2D eigenvalue weighted by Gasteiger charge is -2.29. The minimum atomic E-state index is -1.16. The fraction of sp³-hybridized carbons (Fsp3) is 0.486. The maximum atomic E-state index is 13.9. The molecular formula is C37H54N10O7. The number of amides is 6. The van der Waals surface area contributed by atoms with Gasteiger partial charge < -0.3 is 54.2 Å². The van der Waals surface area contributed by atoms with Gasteiger partial charge >= 0.3 is 0 Å². The van der Waals surface area contributed by atoms with Gasteiger partial charge in [0, 0.05) is 19.5 Å². The van der Waals surface area contributed by atoms with E-state index in [1.54, 1.807) is 50.2 Å². The van der Waals surface area contributed by atoms with Gasteiger partial charge in [0.15, 0.2) is 5.96 Å². The first-order valence-electron chi connectivity index (χ1n) is 18.0.